The van der Waals surface area contributed by atoms with Crippen LogP contribution in [0.4, 0.5) is 17.1 Å². The zero-order valence-electron chi connectivity index (χ0n) is 42.4. The van der Waals surface area contributed by atoms with E-state index >= 15 is 0 Å². The molecule has 272 valence electrons. The van der Waals surface area contributed by atoms with Gasteiger partial charge in [0, 0.05) is 64.7 Å². The lowest BCUT2D eigenvalue weighted by Crippen LogP contribution is -2.10. The third kappa shape index (κ3) is 5.05. The van der Waals surface area contributed by atoms with E-state index in [-0.39, 0.29) is 33.3 Å². The van der Waals surface area contributed by atoms with E-state index in [0.29, 0.717) is 16.3 Å². The first-order valence-electron chi connectivity index (χ1n) is 24.7. The summed E-state index contributed by atoms with van der Waals surface area (Å²) < 4.78 is 119. The molecule has 0 N–H and O–H groups in total. The standard InChI is InChI=1S/C54H34N2OS/c1-4-16-35(17-5-1)37-32-43(36-18-6-2-7-19-36)54-44(33-37)52-45(24-14-25-46(52)56(54)47-26-15-29-51-53(47)42-23-11-13-28-50(42)58-51)55(38-20-8-3-9-21-38)39-30-31-41-40-22-10-12-27-48(40)57-49(41)34-39/h1-34H/i3D,8D,9D,10D,12D,20D,21D,22D,27D,30D,31D,34D. The highest BCUT2D eigenvalue weighted by Crippen LogP contribution is 2.49. The van der Waals surface area contributed by atoms with Gasteiger partial charge >= 0.3 is 0 Å². The van der Waals surface area contributed by atoms with Gasteiger partial charge in [-0.2, -0.15) is 0 Å². The molecule has 9 aromatic carbocycles. The van der Waals surface area contributed by atoms with Crippen LogP contribution in [0, 0.1) is 0 Å². The number of fused-ring (bicyclic) bond motifs is 9. The molecule has 0 saturated carbocycles. The summed E-state index contributed by atoms with van der Waals surface area (Å²) in [7, 11) is 0. The third-order valence-corrected chi connectivity index (χ3v) is 11.9. The van der Waals surface area contributed by atoms with Crippen molar-refractivity contribution in [2.75, 3.05) is 4.90 Å². The molecule has 12 rings (SSSR count). The number of rotatable bonds is 6. The van der Waals surface area contributed by atoms with Gasteiger partial charge in [-0.15, -0.1) is 11.3 Å². The molecule has 0 saturated heterocycles. The van der Waals surface area contributed by atoms with Crippen molar-refractivity contribution < 1.29 is 20.9 Å². The Labute approximate surface area is 355 Å². The smallest absolute Gasteiger partial charge is 0.137 e. The van der Waals surface area contributed by atoms with Crippen LogP contribution in [0.1, 0.15) is 16.4 Å². The fourth-order valence-electron chi connectivity index (χ4n) is 8.30. The Morgan fingerprint density at radius 1 is 0.500 bits per heavy atom. The molecule has 4 heteroatoms. The molecule has 12 aromatic rings. The number of anilines is 3. The van der Waals surface area contributed by atoms with Crippen LogP contribution >= 0.6 is 11.3 Å². The molecule has 0 spiro atoms. The highest BCUT2D eigenvalue weighted by molar-refractivity contribution is 7.25. The highest BCUT2D eigenvalue weighted by atomic mass is 32.1. The summed E-state index contributed by atoms with van der Waals surface area (Å²) in [6.45, 7) is 0. The molecule has 0 aliphatic carbocycles. The first-order chi connectivity index (χ1) is 33.8. The van der Waals surface area contributed by atoms with Crippen LogP contribution in [0.3, 0.4) is 0 Å². The van der Waals surface area contributed by atoms with Crippen molar-refractivity contribution in [2.45, 2.75) is 0 Å². The topological polar surface area (TPSA) is 21.3 Å². The zero-order valence-corrected chi connectivity index (χ0v) is 31.2. The van der Waals surface area contributed by atoms with Crippen LogP contribution in [0.2, 0.25) is 0 Å². The van der Waals surface area contributed by atoms with Gasteiger partial charge in [0.05, 0.1) is 38.9 Å². The molecule has 0 atom stereocenters. The largest absolute Gasteiger partial charge is 0.456 e. The maximum absolute atomic E-state index is 9.92. The van der Waals surface area contributed by atoms with Gasteiger partial charge in [-0.05, 0) is 89.4 Å². The summed E-state index contributed by atoms with van der Waals surface area (Å²) >= 11 is 1.68. The minimum Gasteiger partial charge on any atom is -0.456 e. The maximum Gasteiger partial charge on any atom is 0.137 e. The van der Waals surface area contributed by atoms with E-state index in [0.717, 1.165) is 53.6 Å². The molecular formula is C54H34N2OS. The molecule has 58 heavy (non-hydrogen) atoms. The molecule has 0 unspecified atom stereocenters. The number of thiophene rings is 1. The van der Waals surface area contributed by atoms with E-state index in [1.54, 1.807) is 23.5 Å². The Kier molecular flexibility index (Phi) is 5.19. The minimum absolute atomic E-state index is 0.170. The van der Waals surface area contributed by atoms with Gasteiger partial charge in [-0.3, -0.25) is 0 Å². The zero-order chi connectivity index (χ0) is 48.6. The number of hydrogen-bond acceptors (Lipinski definition) is 3. The maximum atomic E-state index is 9.92. The van der Waals surface area contributed by atoms with Crippen molar-refractivity contribution in [3.05, 3.63) is 206 Å². The molecule has 0 aliphatic heterocycles. The summed E-state index contributed by atoms with van der Waals surface area (Å²) in [5.41, 5.74) is 4.64. The van der Waals surface area contributed by atoms with E-state index in [9.17, 15) is 6.85 Å². The molecule has 3 heterocycles. The first-order valence-corrected chi connectivity index (χ1v) is 19.5. The Morgan fingerprint density at radius 2 is 1.22 bits per heavy atom. The van der Waals surface area contributed by atoms with Crippen molar-refractivity contribution in [2.24, 2.45) is 0 Å². The lowest BCUT2D eigenvalue weighted by atomic mass is 9.95. The fraction of sp³-hybridized carbons (Fsp3) is 0. The van der Waals surface area contributed by atoms with Crippen LogP contribution in [0.15, 0.2) is 210 Å². The number of furan rings is 1. The van der Waals surface area contributed by atoms with Gasteiger partial charge in [0.1, 0.15) is 11.2 Å². The molecule has 0 fully saturated rings. The number of benzene rings is 9. The van der Waals surface area contributed by atoms with E-state index in [2.05, 4.69) is 41.0 Å². The number of para-hydroxylation sites is 2. The highest BCUT2D eigenvalue weighted by Gasteiger charge is 2.26. The lowest BCUT2D eigenvalue weighted by molar-refractivity contribution is 0.669. The minimum atomic E-state index is -0.665. The van der Waals surface area contributed by atoms with E-state index < -0.39 is 78.2 Å². The van der Waals surface area contributed by atoms with Crippen molar-refractivity contribution in [1.29, 1.82) is 0 Å². The molecule has 3 nitrogen and oxygen atoms in total. The first kappa shape index (κ1) is 23.0. The van der Waals surface area contributed by atoms with Crippen molar-refractivity contribution in [1.82, 2.24) is 4.57 Å². The summed E-state index contributed by atoms with van der Waals surface area (Å²) in [5.74, 6) is 0. The molecule has 0 amide bonds. The molecule has 3 aromatic heterocycles. The van der Waals surface area contributed by atoms with Crippen molar-refractivity contribution in [3.8, 4) is 27.9 Å². The monoisotopic (exact) mass is 770 g/mol. The molecule has 0 bridgehead atoms. The number of hydrogen-bond donors (Lipinski definition) is 0. The van der Waals surface area contributed by atoms with Crippen LogP contribution < -0.4 is 4.90 Å². The van der Waals surface area contributed by atoms with Crippen LogP contribution in [0.5, 0.6) is 0 Å². The summed E-state index contributed by atoms with van der Waals surface area (Å²) in [5, 5.41) is 2.92. The predicted octanol–water partition coefficient (Wildman–Crippen LogP) is 15.9. The number of nitrogens with zero attached hydrogens (tertiary/aromatic N) is 2. The van der Waals surface area contributed by atoms with Gasteiger partial charge in [0.2, 0.25) is 0 Å². The average Bonchev–Trinajstić information content (AvgIpc) is 4.09. The third-order valence-electron chi connectivity index (χ3n) is 10.7. The normalized spacial score (nSPS) is 14.7. The van der Waals surface area contributed by atoms with Crippen LogP contribution in [-0.4, -0.2) is 4.57 Å². The second kappa shape index (κ2) is 13.1. The Balaban J connectivity index is 1.31. The Hall–Kier alpha value is -7.40. The molecular weight excluding hydrogens is 725 g/mol. The second-order valence-corrected chi connectivity index (χ2v) is 15.0. The van der Waals surface area contributed by atoms with Gasteiger partial charge in [0.25, 0.3) is 0 Å². The lowest BCUT2D eigenvalue weighted by Gasteiger charge is -2.26. The van der Waals surface area contributed by atoms with E-state index in [1.165, 1.54) is 4.90 Å². The van der Waals surface area contributed by atoms with Crippen LogP contribution in [0.25, 0.3) is 91.9 Å². The van der Waals surface area contributed by atoms with Crippen molar-refractivity contribution >= 4 is 92.3 Å². The van der Waals surface area contributed by atoms with E-state index in [1.807, 2.05) is 84.9 Å². The SMILES string of the molecule is [2H]c1c([2H])c([2H])c(N(c2c([2H])c([2H])c3c(oc4c([2H])c([2H])c([2H])c([2H])c43)c2[2H])c2cccc3c2c2cc(-c4ccccc4)cc(-c4ccccc4)c2n3-c2cccc3sc4ccccc4c23)c([2H])c1[2H]. The Morgan fingerprint density at radius 3 is 2.09 bits per heavy atom. The Bertz CT molecular complexity index is 4200. The molecule has 0 radical (unpaired) electrons. The summed E-state index contributed by atoms with van der Waals surface area (Å²) in [6, 6.07) is 36.8. The summed E-state index contributed by atoms with van der Waals surface area (Å²) in [6.07, 6.45) is 0. The van der Waals surface area contributed by atoms with Gasteiger partial charge < -0.3 is 13.9 Å². The fourth-order valence-corrected chi connectivity index (χ4v) is 9.43. The quantitative estimate of drug-likeness (QED) is 0.168. The predicted molar refractivity (Wildman–Crippen MR) is 247 cm³/mol. The second-order valence-electron chi connectivity index (χ2n) is 14.0. The van der Waals surface area contributed by atoms with Gasteiger partial charge in [-0.25, -0.2) is 0 Å². The van der Waals surface area contributed by atoms with Crippen LogP contribution in [-0.2, 0) is 0 Å². The van der Waals surface area contributed by atoms with Gasteiger partial charge in [0.15, 0.2) is 0 Å². The number of aromatic nitrogens is 1. The average molecular weight is 771 g/mol. The van der Waals surface area contributed by atoms with Crippen molar-refractivity contribution in [3.63, 3.8) is 0 Å². The summed E-state index contributed by atoms with van der Waals surface area (Å²) in [4.78, 5) is 1.29. The van der Waals surface area contributed by atoms with Gasteiger partial charge in [-0.1, -0.05) is 127 Å². The van der Waals surface area contributed by atoms with E-state index in [4.69, 9.17) is 14.0 Å². The molecule has 0 aliphatic rings.